The van der Waals surface area contributed by atoms with Crippen LogP contribution in [-0.4, -0.2) is 51.4 Å². The predicted octanol–water partition coefficient (Wildman–Crippen LogP) is 4.12. The number of fused-ring (bicyclic) bond motifs is 1. The SMILES string of the molecule is CS(=O)(=O)c1ccc(C(Cc2ccc(F)cc2)C(=O)Nc2nc3cc(S(=O)(=O)N4CCCC4)ccc3o2)cc1. The van der Waals surface area contributed by atoms with Crippen molar-refractivity contribution in [3.05, 3.63) is 83.7 Å². The average Bonchev–Trinajstić information content (AvgIpc) is 3.58. The van der Waals surface area contributed by atoms with Gasteiger partial charge in [0.15, 0.2) is 15.4 Å². The van der Waals surface area contributed by atoms with E-state index in [4.69, 9.17) is 4.42 Å². The molecule has 39 heavy (non-hydrogen) atoms. The number of benzene rings is 3. The first-order chi connectivity index (χ1) is 18.5. The molecular weight excluding hydrogens is 545 g/mol. The molecule has 1 atom stereocenters. The molecule has 0 saturated carbocycles. The number of rotatable bonds is 8. The van der Waals surface area contributed by atoms with Crippen LogP contribution in [0.25, 0.3) is 11.1 Å². The van der Waals surface area contributed by atoms with E-state index in [1.165, 1.54) is 46.8 Å². The maximum atomic E-state index is 13.4. The monoisotopic (exact) mass is 571 g/mol. The molecule has 3 aromatic carbocycles. The van der Waals surface area contributed by atoms with Gasteiger partial charge in [0.1, 0.15) is 11.3 Å². The first-order valence-electron chi connectivity index (χ1n) is 12.3. The van der Waals surface area contributed by atoms with Crippen molar-refractivity contribution in [3.63, 3.8) is 0 Å². The fourth-order valence-corrected chi connectivity index (χ4v) is 6.72. The minimum absolute atomic E-state index is 0.100. The molecular formula is C27H26FN3O6S2. The second-order valence-electron chi connectivity index (χ2n) is 9.47. The summed E-state index contributed by atoms with van der Waals surface area (Å²) < 4.78 is 70.2. The van der Waals surface area contributed by atoms with E-state index in [0.717, 1.165) is 19.1 Å². The van der Waals surface area contributed by atoms with Gasteiger partial charge in [0.2, 0.25) is 15.9 Å². The molecule has 5 rings (SSSR count). The number of hydrogen-bond acceptors (Lipinski definition) is 7. The van der Waals surface area contributed by atoms with Crippen molar-refractivity contribution in [1.82, 2.24) is 9.29 Å². The maximum absolute atomic E-state index is 13.4. The smallest absolute Gasteiger partial charge is 0.302 e. The summed E-state index contributed by atoms with van der Waals surface area (Å²) in [5.74, 6) is -1.68. The Kier molecular flexibility index (Phi) is 7.27. The summed E-state index contributed by atoms with van der Waals surface area (Å²) in [6.07, 6.45) is 2.93. The van der Waals surface area contributed by atoms with Crippen LogP contribution < -0.4 is 5.32 Å². The number of aromatic nitrogens is 1. The highest BCUT2D eigenvalue weighted by Crippen LogP contribution is 2.28. The molecule has 1 aliphatic heterocycles. The van der Waals surface area contributed by atoms with Gasteiger partial charge < -0.3 is 4.42 Å². The van der Waals surface area contributed by atoms with Gasteiger partial charge in [-0.3, -0.25) is 10.1 Å². The lowest BCUT2D eigenvalue weighted by Crippen LogP contribution is -2.27. The summed E-state index contributed by atoms with van der Waals surface area (Å²) in [6, 6.07) is 16.0. The second-order valence-corrected chi connectivity index (χ2v) is 13.4. The van der Waals surface area contributed by atoms with Crippen LogP contribution >= 0.6 is 0 Å². The van der Waals surface area contributed by atoms with E-state index in [2.05, 4.69) is 10.3 Å². The lowest BCUT2D eigenvalue weighted by molar-refractivity contribution is -0.117. The number of oxazole rings is 1. The summed E-state index contributed by atoms with van der Waals surface area (Å²) in [4.78, 5) is 17.9. The molecule has 1 amide bonds. The van der Waals surface area contributed by atoms with Crippen molar-refractivity contribution < 1.29 is 30.4 Å². The van der Waals surface area contributed by atoms with Crippen molar-refractivity contribution in [2.24, 2.45) is 0 Å². The molecule has 0 bridgehead atoms. The van der Waals surface area contributed by atoms with Crippen LogP contribution in [0, 0.1) is 5.82 Å². The van der Waals surface area contributed by atoms with Crippen LogP contribution in [0.2, 0.25) is 0 Å². The predicted molar refractivity (Wildman–Crippen MR) is 143 cm³/mol. The van der Waals surface area contributed by atoms with E-state index in [1.807, 2.05) is 0 Å². The molecule has 1 aliphatic rings. The lowest BCUT2D eigenvalue weighted by atomic mass is 9.91. The Hall–Kier alpha value is -3.61. The Morgan fingerprint density at radius 2 is 1.62 bits per heavy atom. The number of nitrogens with one attached hydrogen (secondary N) is 1. The van der Waals surface area contributed by atoms with Crippen LogP contribution in [0.1, 0.15) is 29.9 Å². The number of sulfonamides is 1. The van der Waals surface area contributed by atoms with E-state index in [9.17, 15) is 26.0 Å². The van der Waals surface area contributed by atoms with Crippen LogP contribution in [0.5, 0.6) is 0 Å². The summed E-state index contributed by atoms with van der Waals surface area (Å²) in [7, 11) is -7.08. The molecule has 0 radical (unpaired) electrons. The molecule has 0 spiro atoms. The molecule has 12 heteroatoms. The molecule has 1 aromatic heterocycles. The van der Waals surface area contributed by atoms with Gasteiger partial charge in [0.25, 0.3) is 0 Å². The number of hydrogen-bond donors (Lipinski definition) is 1. The third-order valence-electron chi connectivity index (χ3n) is 6.67. The van der Waals surface area contributed by atoms with Crippen molar-refractivity contribution in [2.45, 2.75) is 35.0 Å². The number of amides is 1. The van der Waals surface area contributed by atoms with Gasteiger partial charge in [-0.1, -0.05) is 24.3 Å². The second kappa shape index (κ2) is 10.5. The zero-order valence-corrected chi connectivity index (χ0v) is 22.6. The van der Waals surface area contributed by atoms with Gasteiger partial charge >= 0.3 is 6.01 Å². The summed E-state index contributed by atoms with van der Waals surface area (Å²) in [5.41, 5.74) is 1.81. The fourth-order valence-electron chi connectivity index (χ4n) is 4.56. The quantitative estimate of drug-likeness (QED) is 0.337. The van der Waals surface area contributed by atoms with Crippen molar-refractivity contribution >= 4 is 42.9 Å². The third-order valence-corrected chi connectivity index (χ3v) is 9.70. The minimum atomic E-state index is -3.65. The van der Waals surface area contributed by atoms with Gasteiger partial charge in [-0.2, -0.15) is 9.29 Å². The number of halogens is 1. The van der Waals surface area contributed by atoms with Crippen molar-refractivity contribution in [2.75, 3.05) is 24.7 Å². The lowest BCUT2D eigenvalue weighted by Gasteiger charge is -2.17. The Morgan fingerprint density at radius 3 is 2.26 bits per heavy atom. The maximum Gasteiger partial charge on any atom is 0.302 e. The molecule has 0 aliphatic carbocycles. The number of carbonyl (C=O) groups is 1. The van der Waals surface area contributed by atoms with E-state index in [0.29, 0.717) is 29.8 Å². The normalized spacial score (nSPS) is 15.4. The van der Waals surface area contributed by atoms with Crippen LogP contribution in [0.3, 0.4) is 0 Å². The van der Waals surface area contributed by atoms with Crippen LogP contribution in [-0.2, 0) is 31.1 Å². The highest BCUT2D eigenvalue weighted by molar-refractivity contribution is 7.90. The number of nitrogens with zero attached hydrogens (tertiary/aromatic N) is 2. The van der Waals surface area contributed by atoms with E-state index < -0.39 is 37.5 Å². The number of carbonyl (C=O) groups excluding carboxylic acids is 1. The molecule has 1 saturated heterocycles. The van der Waals surface area contributed by atoms with E-state index in [-0.39, 0.29) is 27.7 Å². The first kappa shape index (κ1) is 27.0. The van der Waals surface area contributed by atoms with Crippen LogP contribution in [0.4, 0.5) is 10.4 Å². The summed E-state index contributed by atoms with van der Waals surface area (Å²) in [6.45, 7) is 0.947. The fraction of sp³-hybridized carbons (Fsp3) is 0.259. The highest BCUT2D eigenvalue weighted by atomic mass is 32.2. The van der Waals surface area contributed by atoms with Crippen LogP contribution in [0.15, 0.2) is 80.9 Å². The number of sulfone groups is 1. The topological polar surface area (TPSA) is 127 Å². The van der Waals surface area contributed by atoms with Gasteiger partial charge in [-0.05, 0) is 72.9 Å². The van der Waals surface area contributed by atoms with Gasteiger partial charge in [-0.15, -0.1) is 0 Å². The molecule has 1 unspecified atom stereocenters. The van der Waals surface area contributed by atoms with Gasteiger partial charge in [-0.25, -0.2) is 21.2 Å². The zero-order valence-electron chi connectivity index (χ0n) is 21.0. The van der Waals surface area contributed by atoms with Gasteiger partial charge in [0.05, 0.1) is 15.7 Å². The van der Waals surface area contributed by atoms with E-state index >= 15 is 0 Å². The molecule has 9 nitrogen and oxygen atoms in total. The Bertz CT molecular complexity index is 1730. The first-order valence-corrected chi connectivity index (χ1v) is 15.6. The number of anilines is 1. The summed E-state index contributed by atoms with van der Waals surface area (Å²) in [5, 5.41) is 2.65. The Morgan fingerprint density at radius 1 is 0.974 bits per heavy atom. The Labute approximate surface area is 225 Å². The van der Waals surface area contributed by atoms with E-state index in [1.54, 1.807) is 24.3 Å². The molecule has 4 aromatic rings. The molecule has 1 fully saturated rings. The average molecular weight is 572 g/mol. The molecule has 204 valence electrons. The van der Waals surface area contributed by atoms with Gasteiger partial charge in [0, 0.05) is 19.3 Å². The molecule has 2 heterocycles. The van der Waals surface area contributed by atoms with Crippen molar-refractivity contribution in [3.8, 4) is 0 Å². The highest BCUT2D eigenvalue weighted by Gasteiger charge is 2.28. The molecule has 1 N–H and O–H groups in total. The zero-order chi connectivity index (χ0) is 27.8. The van der Waals surface area contributed by atoms with Crippen molar-refractivity contribution in [1.29, 1.82) is 0 Å². The minimum Gasteiger partial charge on any atom is -0.423 e. The third kappa shape index (κ3) is 5.87. The largest absolute Gasteiger partial charge is 0.423 e. The Balaban J connectivity index is 1.42. The summed E-state index contributed by atoms with van der Waals surface area (Å²) >= 11 is 0. The standard InChI is InChI=1S/C27H26FN3O6S2/c1-38(33,34)21-10-6-19(7-11-21)23(16-18-4-8-20(28)9-5-18)26(32)30-27-29-24-17-22(12-13-25(24)37-27)39(35,36)31-14-2-3-15-31/h4-13,17,23H,2-3,14-16H2,1H3,(H,29,30,32).